The number of hydrogen-bond acceptors (Lipinski definition) is 22. The number of piperazine rings is 1. The van der Waals surface area contributed by atoms with E-state index in [0.29, 0.717) is 115 Å². The minimum Gasteiger partial charge on any atom is -0.488 e. The Morgan fingerprint density at radius 1 is 0.667 bits per heavy atom. The van der Waals surface area contributed by atoms with Crippen LogP contribution in [0.25, 0.3) is 11.1 Å². The molecule has 2 aromatic heterocycles. The number of ether oxygens (including phenoxy) is 3. The first-order chi connectivity index (χ1) is 44.2. The topological polar surface area (TPSA) is 385 Å². The molecular weight excluding hydrogens is 1370 g/mol. The second kappa shape index (κ2) is 34.6. The number of pyridine rings is 1. The van der Waals surface area contributed by atoms with Crippen molar-refractivity contribution in [2.45, 2.75) is 57.8 Å². The zero-order valence-electron chi connectivity index (χ0n) is 51.9. The molecule has 30 nitrogen and oxygen atoms in total. The average molecular weight is 1440 g/mol. The van der Waals surface area contributed by atoms with Crippen LogP contribution in [-0.4, -0.2) is 261 Å². The summed E-state index contributed by atoms with van der Waals surface area (Å²) in [7, 11) is -8.94. The number of carbonyl (C=O) groups excluding carboxylic acids is 2. The number of benzene rings is 3. The van der Waals surface area contributed by atoms with Crippen molar-refractivity contribution in [1.29, 1.82) is 5.26 Å². The van der Waals surface area contributed by atoms with E-state index in [1.807, 2.05) is 72.3 Å². The fraction of sp³-hybridized carbons (Fsp3) is 0.483. The highest BCUT2D eigenvalue weighted by Gasteiger charge is 2.36. The molecule has 93 heavy (non-hydrogen) atoms. The number of likely N-dealkylation sites (N-methyl/N-ethyl adjacent to an activating group) is 1. The number of amides is 2. The molecule has 2 fully saturated rings. The molecule has 4 heterocycles. The molecule has 3 aromatic carbocycles. The molecular formula is C60H78IN13O17S2. The highest BCUT2D eigenvalue weighted by atomic mass is 127. The lowest BCUT2D eigenvalue weighted by Gasteiger charge is -2.37. The SMILES string of the molecule is Cc1c(COc2cc(OCc3cncc(C#N)c3)c(CN(C)CC(=O)NCC(S(=O)(=O)O)S(=O)(=O)O)cc2I)cccc1-c1cccc(OCc2cn(CCCN3CCN(C(=O)CN4CCN(CC(=O)O)CCN(CC(=O)O)CCN(CC(=O)O)CC4)CC3)nn2)c1C. The lowest BCUT2D eigenvalue weighted by atomic mass is 9.93. The van der Waals surface area contributed by atoms with Crippen molar-refractivity contribution in [2.75, 3.05) is 131 Å². The van der Waals surface area contributed by atoms with Gasteiger partial charge in [-0.25, -0.2) is 0 Å². The van der Waals surface area contributed by atoms with Gasteiger partial charge in [-0.2, -0.15) is 22.1 Å². The molecule has 0 radical (unpaired) electrons. The minimum absolute atomic E-state index is 0.0147. The van der Waals surface area contributed by atoms with Crippen LogP contribution in [0.2, 0.25) is 0 Å². The maximum atomic E-state index is 13.7. The lowest BCUT2D eigenvalue weighted by Crippen LogP contribution is -2.53. The van der Waals surface area contributed by atoms with E-state index >= 15 is 0 Å². The van der Waals surface area contributed by atoms with Crippen LogP contribution in [0.3, 0.4) is 0 Å². The van der Waals surface area contributed by atoms with E-state index in [1.165, 1.54) is 6.20 Å². The third-order valence-corrected chi connectivity index (χ3v) is 19.7. The van der Waals surface area contributed by atoms with Gasteiger partial charge in [0.2, 0.25) is 16.4 Å². The Labute approximate surface area is 553 Å². The molecule has 33 heteroatoms. The van der Waals surface area contributed by atoms with Crippen molar-refractivity contribution in [1.82, 2.24) is 59.6 Å². The van der Waals surface area contributed by atoms with Crippen molar-refractivity contribution in [3.63, 3.8) is 0 Å². The fourth-order valence-electron chi connectivity index (χ4n) is 10.7. The predicted molar refractivity (Wildman–Crippen MR) is 345 cm³/mol. The Balaban J connectivity index is 0.904. The van der Waals surface area contributed by atoms with Crippen LogP contribution < -0.4 is 19.5 Å². The monoisotopic (exact) mass is 1440 g/mol. The van der Waals surface area contributed by atoms with Gasteiger partial charge in [0.05, 0.1) is 54.6 Å². The van der Waals surface area contributed by atoms with E-state index in [1.54, 1.807) is 49.7 Å². The standard InChI is InChI=1S/C60H78IN13O17S2/c1-42-46(40-90-54-27-53(89-39-45-25-44(28-62)29-63-30-45)47(26-51(54)61)32-67(3)34-55(75)64-31-60(92(83,84)85)93(86,87)88)7-4-8-49(42)50-9-5-10-52(43(50)2)91-41-48-33-74(66-65-48)12-6-11-68-21-23-73(24-22-68)56(76)35-69-13-15-70(36-57(77)78)17-19-72(38-59(81)82)20-18-71(16-14-69)37-58(79)80/h4-5,7-10,25-27,29-30,33,60H,6,11-24,31-32,34-41H2,1-3H3,(H,64,75)(H,77,78)(H,79,80)(H,81,82)(H,83,84,85)(H,86,87,88). The van der Waals surface area contributed by atoms with Gasteiger partial charge >= 0.3 is 17.9 Å². The van der Waals surface area contributed by atoms with Crippen LogP contribution in [0.5, 0.6) is 17.2 Å². The number of carboxylic acid groups (broad SMARTS) is 3. The second-order valence-corrected chi connectivity index (χ2v) is 27.4. The van der Waals surface area contributed by atoms with Crippen molar-refractivity contribution in [3.8, 4) is 34.4 Å². The van der Waals surface area contributed by atoms with Crippen molar-refractivity contribution in [2.24, 2.45) is 0 Å². The third-order valence-electron chi connectivity index (χ3n) is 15.7. The quantitative estimate of drug-likeness (QED) is 0.0282. The number of nitriles is 1. The van der Waals surface area contributed by atoms with E-state index in [-0.39, 0.29) is 78.1 Å². The molecule has 6 N–H and O–H groups in total. The smallest absolute Gasteiger partial charge is 0.317 e. The van der Waals surface area contributed by atoms with Gasteiger partial charge in [-0.3, -0.25) is 72.1 Å². The zero-order chi connectivity index (χ0) is 67.4. The molecule has 2 saturated heterocycles. The summed E-state index contributed by atoms with van der Waals surface area (Å²) >= 11 is 2.13. The van der Waals surface area contributed by atoms with Crippen LogP contribution in [0.15, 0.2) is 73.2 Å². The highest BCUT2D eigenvalue weighted by molar-refractivity contribution is 14.1. The van der Waals surface area contributed by atoms with Crippen LogP contribution in [0.1, 0.15) is 45.5 Å². The highest BCUT2D eigenvalue weighted by Crippen LogP contribution is 2.36. The van der Waals surface area contributed by atoms with Gasteiger partial charge in [-0.1, -0.05) is 35.5 Å². The maximum Gasteiger partial charge on any atom is 0.317 e. The number of nitrogens with one attached hydrogen (secondary N) is 1. The summed E-state index contributed by atoms with van der Waals surface area (Å²) in [5, 5.41) is 48.9. The number of aromatic nitrogens is 4. The summed E-state index contributed by atoms with van der Waals surface area (Å²) < 4.78 is 83.8. The molecule has 2 amide bonds. The number of nitrogens with zero attached hydrogens (tertiary/aromatic N) is 12. The number of carbonyl (C=O) groups is 5. The van der Waals surface area contributed by atoms with Gasteiger partial charge in [-0.05, 0) is 95.9 Å². The average Bonchev–Trinajstić information content (AvgIpc) is 0.931. The normalized spacial score (nSPS) is 15.5. The number of aryl methyl sites for hydroxylation is 1. The van der Waals surface area contributed by atoms with E-state index in [9.17, 15) is 70.5 Å². The van der Waals surface area contributed by atoms with E-state index in [2.05, 4.69) is 54.2 Å². The van der Waals surface area contributed by atoms with Gasteiger partial charge in [0, 0.05) is 128 Å². The second-order valence-electron chi connectivity index (χ2n) is 22.7. The molecule has 504 valence electrons. The molecule has 5 aromatic rings. The van der Waals surface area contributed by atoms with E-state index in [4.69, 9.17) is 14.2 Å². The largest absolute Gasteiger partial charge is 0.488 e. The summed E-state index contributed by atoms with van der Waals surface area (Å²) in [5.74, 6) is -2.39. The first-order valence-corrected chi connectivity index (χ1v) is 33.8. The Bertz CT molecular complexity index is 3640. The van der Waals surface area contributed by atoms with Gasteiger partial charge in [0.15, 0.2) is 0 Å². The number of hydrogen-bond donors (Lipinski definition) is 6. The molecule has 0 aliphatic carbocycles. The van der Waals surface area contributed by atoms with Gasteiger partial charge in [0.1, 0.15) is 48.8 Å². The Kier molecular flexibility index (Phi) is 27.1. The fourth-order valence-corrected chi connectivity index (χ4v) is 13.2. The Morgan fingerprint density at radius 3 is 1.80 bits per heavy atom. The molecule has 0 unspecified atom stereocenters. The van der Waals surface area contributed by atoms with E-state index in [0.717, 1.165) is 40.8 Å². The third kappa shape index (κ3) is 23.2. The first kappa shape index (κ1) is 72.9. The Morgan fingerprint density at radius 2 is 1.22 bits per heavy atom. The summed E-state index contributed by atoms with van der Waals surface area (Å²) in [4.78, 5) is 78.4. The Hall–Kier alpha value is -7.50. The molecule has 2 aliphatic heterocycles. The number of rotatable bonds is 30. The molecule has 0 bridgehead atoms. The van der Waals surface area contributed by atoms with Crippen LogP contribution in [0.4, 0.5) is 0 Å². The van der Waals surface area contributed by atoms with Gasteiger partial charge in [-0.15, -0.1) is 5.10 Å². The first-order valence-electron chi connectivity index (χ1n) is 29.8. The van der Waals surface area contributed by atoms with Crippen LogP contribution in [0, 0.1) is 28.7 Å². The van der Waals surface area contributed by atoms with Crippen LogP contribution in [-0.2, 0) is 77.1 Å². The van der Waals surface area contributed by atoms with E-state index < -0.39 is 55.2 Å². The van der Waals surface area contributed by atoms with Crippen molar-refractivity contribution < 1.29 is 79.4 Å². The minimum atomic E-state index is -5.26. The maximum absolute atomic E-state index is 13.7. The molecule has 0 spiro atoms. The molecule has 7 rings (SSSR count). The molecule has 0 saturated carbocycles. The summed E-state index contributed by atoms with van der Waals surface area (Å²) in [6.45, 7) is 8.73. The van der Waals surface area contributed by atoms with Crippen LogP contribution >= 0.6 is 22.6 Å². The summed E-state index contributed by atoms with van der Waals surface area (Å²) in [5.41, 5.74) is 6.91. The van der Waals surface area contributed by atoms with Crippen molar-refractivity contribution >= 4 is 72.5 Å². The van der Waals surface area contributed by atoms with Gasteiger partial charge < -0.3 is 39.7 Å². The zero-order valence-corrected chi connectivity index (χ0v) is 55.7. The number of carboxylic acids is 3. The predicted octanol–water partition coefficient (Wildman–Crippen LogP) is 1.83. The molecule has 0 atom stereocenters. The van der Waals surface area contributed by atoms with Crippen molar-refractivity contribution in [3.05, 3.63) is 116 Å². The lowest BCUT2D eigenvalue weighted by molar-refractivity contribution is -0.141. The summed E-state index contributed by atoms with van der Waals surface area (Å²) in [6, 6.07) is 19.0. The summed E-state index contributed by atoms with van der Waals surface area (Å²) in [6.07, 6.45) is 5.63. The van der Waals surface area contributed by atoms with Gasteiger partial charge in [0.25, 0.3) is 20.2 Å². The number of aliphatic carboxylic acids is 3. The molecule has 2 aliphatic rings. The number of halogens is 1.